The predicted molar refractivity (Wildman–Crippen MR) is 106 cm³/mol. The van der Waals surface area contributed by atoms with Crippen LogP contribution in [0.5, 0.6) is 0 Å². The molecule has 25 heavy (non-hydrogen) atoms. The lowest BCUT2D eigenvalue weighted by Gasteiger charge is -2.21. The van der Waals surface area contributed by atoms with Gasteiger partial charge in [-0.05, 0) is 37.1 Å². The van der Waals surface area contributed by atoms with Crippen LogP contribution in [-0.4, -0.2) is 40.8 Å². The van der Waals surface area contributed by atoms with Crippen molar-refractivity contribution in [2.75, 3.05) is 20.1 Å². The molecule has 1 aromatic carbocycles. The van der Waals surface area contributed by atoms with Gasteiger partial charge in [0.15, 0.2) is 5.96 Å². The molecule has 0 radical (unpaired) electrons. The van der Waals surface area contributed by atoms with Gasteiger partial charge in [-0.1, -0.05) is 0 Å². The van der Waals surface area contributed by atoms with E-state index in [1.165, 1.54) is 6.07 Å². The smallest absolute Gasteiger partial charge is 0.193 e. The average Bonchev–Trinajstić information content (AvgIpc) is 2.94. The number of hydrogen-bond donors (Lipinski definition) is 1. The van der Waals surface area contributed by atoms with Crippen LogP contribution in [0.15, 0.2) is 35.6 Å². The third kappa shape index (κ3) is 6.60. The molecule has 0 amide bonds. The number of aliphatic imine (C=N–C) groups is 1. The monoisotopic (exact) mass is 463 g/mol. The second-order valence-corrected chi connectivity index (χ2v) is 5.60. The van der Waals surface area contributed by atoms with Gasteiger partial charge in [0.1, 0.15) is 11.6 Å². The normalized spacial score (nSPS) is 11.2. The molecule has 138 valence electrons. The standard InChI is InChI=1S/C17H23F2N5.HI/c1-4-20-17(23(2)11-13-10-22-24(3)12-13)21-8-7-14-9-15(18)5-6-16(14)19;/h5-6,9-10,12H,4,7-8,11H2,1-3H3,(H,20,21);1H. The molecule has 0 aliphatic carbocycles. The van der Waals surface area contributed by atoms with Crippen LogP contribution in [-0.2, 0) is 20.0 Å². The summed E-state index contributed by atoms with van der Waals surface area (Å²) in [7, 11) is 3.80. The lowest BCUT2D eigenvalue weighted by Crippen LogP contribution is -2.38. The zero-order valence-corrected chi connectivity index (χ0v) is 17.0. The van der Waals surface area contributed by atoms with Crippen LogP contribution in [0.25, 0.3) is 0 Å². The van der Waals surface area contributed by atoms with Crippen molar-refractivity contribution in [3.8, 4) is 0 Å². The second-order valence-electron chi connectivity index (χ2n) is 5.60. The van der Waals surface area contributed by atoms with Gasteiger partial charge < -0.3 is 10.2 Å². The summed E-state index contributed by atoms with van der Waals surface area (Å²) >= 11 is 0. The van der Waals surface area contributed by atoms with E-state index in [4.69, 9.17) is 0 Å². The van der Waals surface area contributed by atoms with E-state index in [2.05, 4.69) is 15.4 Å². The summed E-state index contributed by atoms with van der Waals surface area (Å²) in [5.41, 5.74) is 1.41. The molecule has 0 saturated heterocycles. The van der Waals surface area contributed by atoms with Gasteiger partial charge in [-0.15, -0.1) is 24.0 Å². The molecule has 0 atom stereocenters. The van der Waals surface area contributed by atoms with E-state index in [-0.39, 0.29) is 24.0 Å². The first-order chi connectivity index (χ1) is 11.5. The quantitative estimate of drug-likeness (QED) is 0.407. The second kappa shape index (κ2) is 10.3. The van der Waals surface area contributed by atoms with E-state index < -0.39 is 11.6 Å². The fraction of sp³-hybridized carbons (Fsp3) is 0.412. The van der Waals surface area contributed by atoms with E-state index in [0.29, 0.717) is 25.1 Å². The van der Waals surface area contributed by atoms with E-state index in [1.54, 1.807) is 4.68 Å². The minimum absolute atomic E-state index is 0. The molecular weight excluding hydrogens is 439 g/mol. The minimum Gasteiger partial charge on any atom is -0.357 e. The first-order valence-corrected chi connectivity index (χ1v) is 7.90. The van der Waals surface area contributed by atoms with Gasteiger partial charge in [-0.2, -0.15) is 5.10 Å². The first kappa shape index (κ1) is 21.3. The number of halogens is 3. The molecule has 0 spiro atoms. The highest BCUT2D eigenvalue weighted by Crippen LogP contribution is 2.10. The number of nitrogens with zero attached hydrogens (tertiary/aromatic N) is 4. The van der Waals surface area contributed by atoms with Gasteiger partial charge in [-0.25, -0.2) is 8.78 Å². The van der Waals surface area contributed by atoms with Gasteiger partial charge in [0.25, 0.3) is 0 Å². The van der Waals surface area contributed by atoms with Crippen molar-refractivity contribution >= 4 is 29.9 Å². The van der Waals surface area contributed by atoms with E-state index in [0.717, 1.165) is 30.2 Å². The summed E-state index contributed by atoms with van der Waals surface area (Å²) in [4.78, 5) is 6.47. The van der Waals surface area contributed by atoms with Gasteiger partial charge in [0.2, 0.25) is 0 Å². The summed E-state index contributed by atoms with van der Waals surface area (Å²) in [6.45, 7) is 3.75. The van der Waals surface area contributed by atoms with E-state index >= 15 is 0 Å². The highest BCUT2D eigenvalue weighted by atomic mass is 127. The Morgan fingerprint density at radius 3 is 2.76 bits per heavy atom. The molecule has 2 rings (SSSR count). The zero-order chi connectivity index (χ0) is 17.5. The number of aryl methyl sites for hydroxylation is 1. The molecule has 0 bridgehead atoms. The van der Waals surface area contributed by atoms with Crippen LogP contribution < -0.4 is 5.32 Å². The molecule has 0 saturated carbocycles. The van der Waals surface area contributed by atoms with Crippen LogP contribution in [0.4, 0.5) is 8.78 Å². The van der Waals surface area contributed by atoms with Crippen molar-refractivity contribution in [3.63, 3.8) is 0 Å². The van der Waals surface area contributed by atoms with Crippen molar-refractivity contribution in [2.24, 2.45) is 12.0 Å². The van der Waals surface area contributed by atoms with Crippen molar-refractivity contribution in [1.29, 1.82) is 0 Å². The summed E-state index contributed by atoms with van der Waals surface area (Å²) in [5, 5.41) is 7.35. The number of benzene rings is 1. The minimum atomic E-state index is -0.434. The molecule has 8 heteroatoms. The van der Waals surface area contributed by atoms with Crippen molar-refractivity contribution in [1.82, 2.24) is 20.0 Å². The third-order valence-corrected chi connectivity index (χ3v) is 3.53. The Morgan fingerprint density at radius 1 is 1.36 bits per heavy atom. The van der Waals surface area contributed by atoms with E-state index in [1.807, 2.05) is 38.3 Å². The molecule has 1 heterocycles. The fourth-order valence-corrected chi connectivity index (χ4v) is 2.39. The Morgan fingerprint density at radius 2 is 2.12 bits per heavy atom. The maximum Gasteiger partial charge on any atom is 0.193 e. The highest BCUT2D eigenvalue weighted by molar-refractivity contribution is 14.0. The molecule has 1 aromatic heterocycles. The van der Waals surface area contributed by atoms with E-state index in [9.17, 15) is 8.78 Å². The number of aromatic nitrogens is 2. The van der Waals surface area contributed by atoms with Gasteiger partial charge in [-0.3, -0.25) is 9.67 Å². The number of rotatable bonds is 6. The molecular formula is C17H24F2IN5. The largest absolute Gasteiger partial charge is 0.357 e. The summed E-state index contributed by atoms with van der Waals surface area (Å²) in [6.07, 6.45) is 4.10. The van der Waals surface area contributed by atoms with Crippen LogP contribution in [0.3, 0.4) is 0 Å². The topological polar surface area (TPSA) is 45.5 Å². The summed E-state index contributed by atoms with van der Waals surface area (Å²) in [5.74, 6) is -0.116. The Labute approximate surface area is 164 Å². The molecule has 0 unspecified atom stereocenters. The van der Waals surface area contributed by atoms with Crippen molar-refractivity contribution < 1.29 is 8.78 Å². The van der Waals surface area contributed by atoms with Crippen molar-refractivity contribution in [2.45, 2.75) is 19.9 Å². The number of hydrogen-bond acceptors (Lipinski definition) is 2. The van der Waals surface area contributed by atoms with Crippen LogP contribution >= 0.6 is 24.0 Å². The maximum absolute atomic E-state index is 13.6. The van der Waals surface area contributed by atoms with Crippen molar-refractivity contribution in [3.05, 3.63) is 53.4 Å². The molecule has 1 N–H and O–H groups in total. The molecule has 0 fully saturated rings. The maximum atomic E-state index is 13.6. The lowest BCUT2D eigenvalue weighted by atomic mass is 10.1. The van der Waals surface area contributed by atoms with Crippen LogP contribution in [0.2, 0.25) is 0 Å². The Balaban J connectivity index is 0.00000312. The zero-order valence-electron chi connectivity index (χ0n) is 14.7. The average molecular weight is 463 g/mol. The molecule has 0 aliphatic rings. The first-order valence-electron chi connectivity index (χ1n) is 7.90. The lowest BCUT2D eigenvalue weighted by molar-refractivity contribution is 0.476. The fourth-order valence-electron chi connectivity index (χ4n) is 2.39. The molecule has 0 aliphatic heterocycles. The number of nitrogens with one attached hydrogen (secondary N) is 1. The third-order valence-electron chi connectivity index (χ3n) is 3.53. The Hall–Kier alpha value is -1.71. The number of guanidine groups is 1. The highest BCUT2D eigenvalue weighted by Gasteiger charge is 2.08. The molecule has 5 nitrogen and oxygen atoms in total. The SMILES string of the molecule is CCNC(=NCCc1cc(F)ccc1F)N(C)Cc1cnn(C)c1.I. The van der Waals surface area contributed by atoms with Crippen LogP contribution in [0.1, 0.15) is 18.1 Å². The summed E-state index contributed by atoms with van der Waals surface area (Å²) in [6, 6.07) is 3.49. The Kier molecular flexibility index (Phi) is 8.81. The van der Waals surface area contributed by atoms with Gasteiger partial charge in [0, 0.05) is 45.5 Å². The molecule has 2 aromatic rings. The predicted octanol–water partition coefficient (Wildman–Crippen LogP) is 2.96. The van der Waals surface area contributed by atoms with Gasteiger partial charge in [0.05, 0.1) is 6.20 Å². The van der Waals surface area contributed by atoms with Crippen LogP contribution in [0, 0.1) is 11.6 Å². The summed E-state index contributed by atoms with van der Waals surface area (Å²) < 4.78 is 28.6. The van der Waals surface area contributed by atoms with Gasteiger partial charge >= 0.3 is 0 Å². The Bertz CT molecular complexity index is 702.